The molecule has 0 bridgehead atoms. The number of hydrogen-bond donors (Lipinski definition) is 2. The van der Waals surface area contributed by atoms with Crippen LogP contribution >= 0.6 is 0 Å². The third-order valence-corrected chi connectivity index (χ3v) is 4.38. The van der Waals surface area contributed by atoms with Gasteiger partial charge in [0, 0.05) is 24.8 Å². The van der Waals surface area contributed by atoms with Gasteiger partial charge in [0.25, 0.3) is 0 Å². The molecule has 1 heterocycles. The van der Waals surface area contributed by atoms with Gasteiger partial charge in [0.05, 0.1) is 6.20 Å². The number of nitrogens with one attached hydrogen (secondary N) is 2. The Hall–Kier alpha value is -1.36. The molecule has 0 radical (unpaired) electrons. The number of hydrogen-bond acceptors (Lipinski definition) is 3. The van der Waals surface area contributed by atoms with Crippen LogP contribution in [0, 0.1) is 5.92 Å². The summed E-state index contributed by atoms with van der Waals surface area (Å²) in [7, 11) is 3.67. The highest BCUT2D eigenvalue weighted by Gasteiger charge is 2.25. The smallest absolute Gasteiger partial charge is 0.242 e. The third-order valence-electron chi connectivity index (χ3n) is 4.38. The molecule has 1 aliphatic rings. The standard InChI is InChI=1S/C15H26N4O/c1-4-11-5-7-13(8-6-11)18-15(20)14(16-2)12-9-17-19(3)10-12/h9-11,13-14,16H,4-8H2,1-3H3,(H,18,20). The molecule has 5 nitrogen and oxygen atoms in total. The molecule has 0 aromatic carbocycles. The Morgan fingerprint density at radius 3 is 2.65 bits per heavy atom. The fourth-order valence-corrected chi connectivity index (χ4v) is 3.04. The number of nitrogens with zero attached hydrogens (tertiary/aromatic N) is 2. The van der Waals surface area contributed by atoms with Crippen molar-refractivity contribution in [1.29, 1.82) is 0 Å². The second-order valence-corrected chi connectivity index (χ2v) is 5.80. The topological polar surface area (TPSA) is 59.0 Å². The van der Waals surface area contributed by atoms with Crippen molar-refractivity contribution >= 4 is 5.91 Å². The van der Waals surface area contributed by atoms with Crippen LogP contribution < -0.4 is 10.6 Å². The molecular formula is C15H26N4O. The molecular weight excluding hydrogens is 252 g/mol. The quantitative estimate of drug-likeness (QED) is 0.863. The highest BCUT2D eigenvalue weighted by Crippen LogP contribution is 2.26. The number of carbonyl (C=O) groups is 1. The van der Waals surface area contributed by atoms with Gasteiger partial charge >= 0.3 is 0 Å². The van der Waals surface area contributed by atoms with E-state index in [1.165, 1.54) is 19.3 Å². The van der Waals surface area contributed by atoms with Crippen LogP contribution in [0.5, 0.6) is 0 Å². The third kappa shape index (κ3) is 3.60. The Kier molecular flexibility index (Phi) is 5.17. The first kappa shape index (κ1) is 15.0. The zero-order valence-electron chi connectivity index (χ0n) is 12.7. The molecule has 2 rings (SSSR count). The van der Waals surface area contributed by atoms with Gasteiger partial charge in [0.15, 0.2) is 0 Å². The molecule has 20 heavy (non-hydrogen) atoms. The van der Waals surface area contributed by atoms with Crippen LogP contribution in [0.3, 0.4) is 0 Å². The van der Waals surface area contributed by atoms with Crippen LogP contribution in [-0.2, 0) is 11.8 Å². The molecule has 0 aliphatic heterocycles. The molecule has 112 valence electrons. The zero-order valence-corrected chi connectivity index (χ0v) is 12.7. The monoisotopic (exact) mass is 278 g/mol. The Morgan fingerprint density at radius 1 is 1.45 bits per heavy atom. The minimum Gasteiger partial charge on any atom is -0.352 e. The first-order valence-corrected chi connectivity index (χ1v) is 7.60. The van der Waals surface area contributed by atoms with Crippen molar-refractivity contribution in [3.63, 3.8) is 0 Å². The summed E-state index contributed by atoms with van der Waals surface area (Å²) in [6.45, 7) is 2.25. The average molecular weight is 278 g/mol. The first-order valence-electron chi connectivity index (χ1n) is 7.60. The molecule has 5 heteroatoms. The fourth-order valence-electron chi connectivity index (χ4n) is 3.04. The van der Waals surface area contributed by atoms with E-state index in [-0.39, 0.29) is 11.9 Å². The lowest BCUT2D eigenvalue weighted by molar-refractivity contribution is -0.124. The number of amides is 1. The van der Waals surface area contributed by atoms with E-state index in [9.17, 15) is 4.79 Å². The Labute approximate surface area is 121 Å². The van der Waals surface area contributed by atoms with Gasteiger partial charge in [-0.05, 0) is 38.6 Å². The maximum Gasteiger partial charge on any atom is 0.242 e. The Bertz CT molecular complexity index is 435. The Morgan fingerprint density at radius 2 is 2.15 bits per heavy atom. The minimum atomic E-state index is -0.312. The molecule has 1 unspecified atom stereocenters. The fraction of sp³-hybridized carbons (Fsp3) is 0.733. The van der Waals surface area contributed by atoms with Gasteiger partial charge in [0.1, 0.15) is 6.04 Å². The van der Waals surface area contributed by atoms with E-state index in [0.29, 0.717) is 6.04 Å². The van der Waals surface area contributed by atoms with Crippen LogP contribution in [-0.4, -0.2) is 28.8 Å². The van der Waals surface area contributed by atoms with Crippen molar-refractivity contribution in [2.45, 2.75) is 51.1 Å². The van der Waals surface area contributed by atoms with E-state index in [1.54, 1.807) is 10.9 Å². The van der Waals surface area contributed by atoms with Crippen LogP contribution in [0.25, 0.3) is 0 Å². The lowest BCUT2D eigenvalue weighted by Gasteiger charge is -2.29. The number of likely N-dealkylation sites (N-methyl/N-ethyl adjacent to an activating group) is 1. The van der Waals surface area contributed by atoms with E-state index in [2.05, 4.69) is 22.7 Å². The summed E-state index contributed by atoms with van der Waals surface area (Å²) in [5.41, 5.74) is 0.912. The largest absolute Gasteiger partial charge is 0.352 e. The van der Waals surface area contributed by atoms with Crippen molar-refractivity contribution in [3.8, 4) is 0 Å². The van der Waals surface area contributed by atoms with Crippen molar-refractivity contribution in [1.82, 2.24) is 20.4 Å². The van der Waals surface area contributed by atoms with E-state index >= 15 is 0 Å². The molecule has 1 fully saturated rings. The van der Waals surface area contributed by atoms with Gasteiger partial charge in [-0.3, -0.25) is 9.48 Å². The lowest BCUT2D eigenvalue weighted by Crippen LogP contribution is -2.43. The summed E-state index contributed by atoms with van der Waals surface area (Å²) in [5, 5.41) is 10.4. The van der Waals surface area contributed by atoms with Crippen molar-refractivity contribution < 1.29 is 4.79 Å². The van der Waals surface area contributed by atoms with Crippen molar-refractivity contribution in [3.05, 3.63) is 18.0 Å². The van der Waals surface area contributed by atoms with Gasteiger partial charge in [-0.1, -0.05) is 13.3 Å². The van der Waals surface area contributed by atoms with Crippen LogP contribution in [0.4, 0.5) is 0 Å². The number of carbonyl (C=O) groups excluding carboxylic acids is 1. The van der Waals surface area contributed by atoms with Gasteiger partial charge in [-0.2, -0.15) is 5.10 Å². The van der Waals surface area contributed by atoms with Gasteiger partial charge in [0.2, 0.25) is 5.91 Å². The summed E-state index contributed by atoms with van der Waals surface area (Å²) in [5.74, 6) is 0.905. The molecule has 1 aromatic rings. The molecule has 2 N–H and O–H groups in total. The molecule has 1 amide bonds. The molecule has 1 atom stereocenters. The second-order valence-electron chi connectivity index (χ2n) is 5.80. The number of aromatic nitrogens is 2. The molecule has 1 aromatic heterocycles. The summed E-state index contributed by atoms with van der Waals surface area (Å²) < 4.78 is 1.72. The highest BCUT2D eigenvalue weighted by molar-refractivity contribution is 5.83. The maximum absolute atomic E-state index is 12.4. The predicted octanol–water partition coefficient (Wildman–Crippen LogP) is 1.77. The van der Waals surface area contributed by atoms with E-state index in [0.717, 1.165) is 24.3 Å². The molecule has 0 spiro atoms. The lowest BCUT2D eigenvalue weighted by atomic mass is 9.84. The minimum absolute atomic E-state index is 0.0560. The van der Waals surface area contributed by atoms with Crippen LogP contribution in [0.15, 0.2) is 12.4 Å². The van der Waals surface area contributed by atoms with Gasteiger partial charge < -0.3 is 10.6 Å². The van der Waals surface area contributed by atoms with E-state index in [4.69, 9.17) is 0 Å². The van der Waals surface area contributed by atoms with Crippen molar-refractivity contribution in [2.75, 3.05) is 7.05 Å². The highest BCUT2D eigenvalue weighted by atomic mass is 16.2. The van der Waals surface area contributed by atoms with Crippen molar-refractivity contribution in [2.24, 2.45) is 13.0 Å². The normalized spacial score (nSPS) is 24.4. The summed E-state index contributed by atoms with van der Waals surface area (Å²) in [6, 6.07) is 0.0189. The molecule has 1 aliphatic carbocycles. The maximum atomic E-state index is 12.4. The number of aryl methyl sites for hydroxylation is 1. The predicted molar refractivity (Wildman–Crippen MR) is 79.2 cm³/mol. The zero-order chi connectivity index (χ0) is 14.5. The molecule has 1 saturated carbocycles. The van der Waals surface area contributed by atoms with Crippen LogP contribution in [0.2, 0.25) is 0 Å². The summed E-state index contributed by atoms with van der Waals surface area (Å²) in [4.78, 5) is 12.4. The van der Waals surface area contributed by atoms with Gasteiger partial charge in [-0.15, -0.1) is 0 Å². The summed E-state index contributed by atoms with van der Waals surface area (Å²) in [6.07, 6.45) is 9.57. The van der Waals surface area contributed by atoms with Gasteiger partial charge in [-0.25, -0.2) is 0 Å². The Balaban J connectivity index is 1.90. The SMILES string of the molecule is CCC1CCC(NC(=O)C(NC)c2cnn(C)c2)CC1. The average Bonchev–Trinajstić information content (AvgIpc) is 2.87. The first-order chi connectivity index (χ1) is 9.63. The van der Waals surface area contributed by atoms with Crippen LogP contribution in [0.1, 0.15) is 50.6 Å². The molecule has 0 saturated heterocycles. The number of rotatable bonds is 5. The second kappa shape index (κ2) is 6.88. The van der Waals surface area contributed by atoms with E-state index < -0.39 is 0 Å². The van der Waals surface area contributed by atoms with E-state index in [1.807, 2.05) is 20.3 Å². The summed E-state index contributed by atoms with van der Waals surface area (Å²) >= 11 is 0.